The van der Waals surface area contributed by atoms with Crippen molar-refractivity contribution < 1.29 is 53.0 Å². The highest BCUT2D eigenvalue weighted by atomic mass is 32.2. The van der Waals surface area contributed by atoms with Gasteiger partial charge in [0.1, 0.15) is 26.6 Å². The summed E-state index contributed by atoms with van der Waals surface area (Å²) in [5, 5.41) is 6.57. The van der Waals surface area contributed by atoms with E-state index in [1.807, 2.05) is 13.8 Å². The Hall–Kier alpha value is -2.42. The normalized spacial score (nSPS) is 16.9. The minimum atomic E-state index is -5.43. The number of oxime groups is 2. The van der Waals surface area contributed by atoms with Gasteiger partial charge in [-0.3, -0.25) is 4.18 Å². The number of alkyl halides is 2. The van der Waals surface area contributed by atoms with Gasteiger partial charge in [0.05, 0.1) is 18.5 Å². The molecule has 1 aromatic rings. The van der Waals surface area contributed by atoms with Gasteiger partial charge in [-0.2, -0.15) is 8.42 Å². The number of hydrogen-bond donors (Lipinski definition) is 0. The summed E-state index contributed by atoms with van der Waals surface area (Å²) >= 11 is 0. The van der Waals surface area contributed by atoms with Crippen LogP contribution in [-0.2, 0) is 24.0 Å². The molecule has 0 unspecified atom stereocenters. The first-order valence-electron chi connectivity index (χ1n) is 11.5. The van der Waals surface area contributed by atoms with Gasteiger partial charge in [-0.05, 0) is 18.3 Å². The van der Waals surface area contributed by atoms with Gasteiger partial charge < -0.3 is 9.68 Å². The molecule has 0 aromatic heterocycles. The van der Waals surface area contributed by atoms with E-state index in [0.717, 1.165) is 13.5 Å². The van der Waals surface area contributed by atoms with Gasteiger partial charge in [0.2, 0.25) is 5.82 Å². The fourth-order valence-corrected chi connectivity index (χ4v) is 4.29. The van der Waals surface area contributed by atoms with E-state index in [0.29, 0.717) is 12.1 Å². The number of halogens is 7. The number of hydrogen-bond acceptors (Lipinski definition) is 7. The lowest BCUT2D eigenvalue weighted by atomic mass is 9.90. The molecule has 0 N–H and O–H groups in total. The number of benzene rings is 1. The van der Waals surface area contributed by atoms with Crippen molar-refractivity contribution in [2.24, 2.45) is 28.1 Å². The van der Waals surface area contributed by atoms with Crippen molar-refractivity contribution in [2.45, 2.75) is 70.8 Å². The second kappa shape index (κ2) is 16.5. The summed E-state index contributed by atoms with van der Waals surface area (Å²) in [5.74, 6) is -13.3. The fourth-order valence-electron chi connectivity index (χ4n) is 2.94. The highest BCUT2D eigenvalue weighted by Gasteiger charge is 2.37. The molecule has 38 heavy (non-hydrogen) atoms. The van der Waals surface area contributed by atoms with Gasteiger partial charge in [-0.15, -0.1) is 0 Å². The second-order valence-corrected chi connectivity index (χ2v) is 9.77. The summed E-state index contributed by atoms with van der Waals surface area (Å²) in [7, 11) is -2.88. The molecule has 220 valence electrons. The summed E-state index contributed by atoms with van der Waals surface area (Å²) < 4.78 is 123. The molecule has 6 atom stereocenters. The van der Waals surface area contributed by atoms with Gasteiger partial charge in [0.15, 0.2) is 28.2 Å². The molecular formula is C23H33F7N2O5S. The van der Waals surface area contributed by atoms with E-state index in [2.05, 4.69) is 31.1 Å². The third-order valence-corrected chi connectivity index (χ3v) is 7.18. The third kappa shape index (κ3) is 9.71. The SMILES string of the molecule is CC[C@@H](OS(=O)(=O)c1c(F)c(F)c(F)c(F)c1F)[C@@H](C)[C@H](F)C=NOC.CC[C@H](C)[C@@H](C)[C@H](F)C=NOC. The maximum atomic E-state index is 13.9. The standard InChI is InChI=1S/C14H15F6NO4S.C9H18FNO/c1-4-8(6(2)7(15)5-21-24-3)25-26(22,23)14-12(19)10(17)9(16)11(18)13(14)20;1-5-7(2)8(3)9(10)6-11-12-4/h5-8H,4H2,1-3H3;6-9H,5H2,1-4H3/t6-,7+,8+;7-,8+,9+/m00/s1. The largest absolute Gasteiger partial charge is 0.399 e. The van der Waals surface area contributed by atoms with Crippen LogP contribution < -0.4 is 0 Å². The minimum Gasteiger partial charge on any atom is -0.399 e. The molecule has 0 heterocycles. The molecule has 15 heteroatoms. The predicted octanol–water partition coefficient (Wildman–Crippen LogP) is 6.11. The Kier molecular flexibility index (Phi) is 15.5. The van der Waals surface area contributed by atoms with E-state index in [1.165, 1.54) is 27.2 Å². The van der Waals surface area contributed by atoms with E-state index in [4.69, 9.17) is 0 Å². The van der Waals surface area contributed by atoms with Crippen LogP contribution in [0.15, 0.2) is 15.2 Å². The van der Waals surface area contributed by atoms with Crippen LogP contribution in [0.1, 0.15) is 47.5 Å². The quantitative estimate of drug-likeness (QED) is 0.0700. The van der Waals surface area contributed by atoms with Crippen molar-refractivity contribution in [3.05, 3.63) is 29.1 Å². The zero-order valence-corrected chi connectivity index (χ0v) is 22.8. The maximum Gasteiger partial charge on any atom is 0.303 e. The number of nitrogens with zero attached hydrogens (tertiary/aromatic N) is 2. The average Bonchev–Trinajstić information content (AvgIpc) is 2.89. The van der Waals surface area contributed by atoms with Crippen molar-refractivity contribution in [1.29, 1.82) is 0 Å². The zero-order chi connectivity index (χ0) is 29.8. The molecule has 0 aliphatic rings. The monoisotopic (exact) mass is 582 g/mol. The first kappa shape index (κ1) is 35.6. The molecule has 0 amide bonds. The molecule has 1 aromatic carbocycles. The van der Waals surface area contributed by atoms with E-state index < -0.39 is 68.5 Å². The second-order valence-electron chi connectivity index (χ2n) is 8.26. The van der Waals surface area contributed by atoms with Crippen molar-refractivity contribution in [1.82, 2.24) is 0 Å². The van der Waals surface area contributed by atoms with Crippen LogP contribution in [0.4, 0.5) is 30.7 Å². The van der Waals surface area contributed by atoms with Crippen LogP contribution in [0.5, 0.6) is 0 Å². The van der Waals surface area contributed by atoms with Crippen molar-refractivity contribution in [3.63, 3.8) is 0 Å². The Bertz CT molecular complexity index is 1010. The molecule has 7 nitrogen and oxygen atoms in total. The minimum absolute atomic E-state index is 0.00824. The molecule has 0 spiro atoms. The van der Waals surface area contributed by atoms with Crippen molar-refractivity contribution in [3.8, 4) is 0 Å². The average molecular weight is 583 g/mol. The summed E-state index contributed by atoms with van der Waals surface area (Å²) in [5.41, 5.74) is 0. The highest BCUT2D eigenvalue weighted by molar-refractivity contribution is 7.86. The Morgan fingerprint density at radius 3 is 1.50 bits per heavy atom. The lowest BCUT2D eigenvalue weighted by molar-refractivity contribution is 0.109. The summed E-state index contributed by atoms with van der Waals surface area (Å²) in [4.78, 5) is 6.53. The summed E-state index contributed by atoms with van der Waals surface area (Å²) in [6, 6.07) is 0. The smallest absolute Gasteiger partial charge is 0.303 e. The molecule has 0 radical (unpaired) electrons. The van der Waals surface area contributed by atoms with Crippen LogP contribution in [0.3, 0.4) is 0 Å². The lowest BCUT2D eigenvalue weighted by Crippen LogP contribution is -2.32. The topological polar surface area (TPSA) is 86.6 Å². The van der Waals surface area contributed by atoms with Crippen molar-refractivity contribution >= 4 is 22.5 Å². The molecule has 1 rings (SSSR count). The zero-order valence-electron chi connectivity index (χ0n) is 22.0. The van der Waals surface area contributed by atoms with Crippen LogP contribution >= 0.6 is 0 Å². The van der Waals surface area contributed by atoms with Crippen LogP contribution in [-0.4, -0.2) is 53.5 Å². The van der Waals surface area contributed by atoms with E-state index in [-0.39, 0.29) is 12.3 Å². The highest BCUT2D eigenvalue weighted by Crippen LogP contribution is 2.30. The first-order valence-corrected chi connectivity index (χ1v) is 12.9. The van der Waals surface area contributed by atoms with Crippen molar-refractivity contribution in [2.75, 3.05) is 14.2 Å². The fraction of sp³-hybridized carbons (Fsp3) is 0.652. The van der Waals surface area contributed by atoms with E-state index in [9.17, 15) is 39.2 Å². The Labute approximate surface area is 218 Å². The molecule has 0 fully saturated rings. The van der Waals surface area contributed by atoms with E-state index >= 15 is 0 Å². The lowest BCUT2D eigenvalue weighted by Gasteiger charge is -2.23. The maximum absolute atomic E-state index is 13.9. The van der Waals surface area contributed by atoms with E-state index in [1.54, 1.807) is 0 Å². The van der Waals surface area contributed by atoms with Crippen LogP contribution in [0.25, 0.3) is 0 Å². The van der Waals surface area contributed by atoms with Gasteiger partial charge in [-0.1, -0.05) is 51.4 Å². The van der Waals surface area contributed by atoms with Crippen LogP contribution in [0, 0.1) is 46.8 Å². The molecule has 0 bridgehead atoms. The van der Waals surface area contributed by atoms with Gasteiger partial charge in [-0.25, -0.2) is 30.7 Å². The Morgan fingerprint density at radius 2 is 1.13 bits per heavy atom. The summed E-state index contributed by atoms with van der Waals surface area (Å²) in [6.45, 7) is 8.56. The Balaban J connectivity index is 0.000000958. The molecule has 0 saturated heterocycles. The molecule has 0 saturated carbocycles. The molecule has 0 aliphatic heterocycles. The van der Waals surface area contributed by atoms with Crippen LogP contribution in [0.2, 0.25) is 0 Å². The molecule has 0 aliphatic carbocycles. The first-order chi connectivity index (χ1) is 17.6. The Morgan fingerprint density at radius 1 is 0.737 bits per heavy atom. The third-order valence-electron chi connectivity index (χ3n) is 5.82. The summed E-state index contributed by atoms with van der Waals surface area (Å²) in [6.07, 6.45) is -1.60. The van der Waals surface area contributed by atoms with Gasteiger partial charge >= 0.3 is 10.1 Å². The number of rotatable bonds is 13. The van der Waals surface area contributed by atoms with Gasteiger partial charge in [0.25, 0.3) is 0 Å². The predicted molar refractivity (Wildman–Crippen MR) is 127 cm³/mol. The van der Waals surface area contributed by atoms with Gasteiger partial charge in [0, 0.05) is 5.92 Å². The molecular weight excluding hydrogens is 549 g/mol.